The number of nitrogens with one attached hydrogen (secondary N) is 1. The largest absolute Gasteiger partial charge is 0.351 e. The SMILES string of the molecule is CCc1ccc(N2C(=S)N[C@@H](c3ccccn3)[C@@H]2c2ccc(C)s2)cc1. The highest BCUT2D eigenvalue weighted by atomic mass is 32.1. The number of pyridine rings is 1. The molecule has 0 spiro atoms. The van der Waals surface area contributed by atoms with Gasteiger partial charge in [-0.15, -0.1) is 11.3 Å². The molecule has 5 heteroatoms. The highest BCUT2D eigenvalue weighted by Crippen LogP contribution is 2.43. The molecule has 3 aromatic rings. The predicted molar refractivity (Wildman–Crippen MR) is 113 cm³/mol. The molecule has 0 radical (unpaired) electrons. The lowest BCUT2D eigenvalue weighted by Crippen LogP contribution is -2.29. The number of nitrogens with zero attached hydrogens (tertiary/aromatic N) is 2. The van der Waals surface area contributed by atoms with Gasteiger partial charge >= 0.3 is 0 Å². The van der Waals surface area contributed by atoms with Gasteiger partial charge in [-0.1, -0.05) is 25.1 Å². The Morgan fingerprint density at radius 2 is 1.92 bits per heavy atom. The van der Waals surface area contributed by atoms with E-state index in [2.05, 4.69) is 71.5 Å². The number of thiocarbonyl (C=S) groups is 1. The zero-order valence-electron chi connectivity index (χ0n) is 14.8. The van der Waals surface area contributed by atoms with Crippen LogP contribution < -0.4 is 10.2 Å². The molecule has 0 bridgehead atoms. The van der Waals surface area contributed by atoms with Crippen LogP contribution in [0.2, 0.25) is 0 Å². The molecule has 3 heterocycles. The summed E-state index contributed by atoms with van der Waals surface area (Å²) in [6.07, 6.45) is 2.88. The molecular formula is C21H21N3S2. The Morgan fingerprint density at radius 3 is 2.54 bits per heavy atom. The van der Waals surface area contributed by atoms with E-state index in [1.165, 1.54) is 15.3 Å². The van der Waals surface area contributed by atoms with E-state index in [9.17, 15) is 0 Å². The quantitative estimate of drug-likeness (QED) is 0.631. The Bertz CT molecular complexity index is 903. The van der Waals surface area contributed by atoms with Crippen molar-refractivity contribution >= 4 is 34.4 Å². The summed E-state index contributed by atoms with van der Waals surface area (Å²) in [4.78, 5) is 9.43. The fourth-order valence-electron chi connectivity index (χ4n) is 3.43. The lowest BCUT2D eigenvalue weighted by molar-refractivity contribution is 0.575. The molecule has 0 aliphatic carbocycles. The zero-order valence-corrected chi connectivity index (χ0v) is 16.5. The Kier molecular flexibility index (Phi) is 4.74. The first kappa shape index (κ1) is 17.2. The van der Waals surface area contributed by atoms with Gasteiger partial charge in [-0.25, -0.2) is 0 Å². The van der Waals surface area contributed by atoms with Crippen molar-refractivity contribution in [2.75, 3.05) is 4.90 Å². The predicted octanol–water partition coefficient (Wildman–Crippen LogP) is 5.19. The third kappa shape index (κ3) is 3.13. The molecule has 2 atom stereocenters. The van der Waals surface area contributed by atoms with Crippen LogP contribution in [0.5, 0.6) is 0 Å². The number of benzene rings is 1. The van der Waals surface area contributed by atoms with E-state index >= 15 is 0 Å². The molecule has 1 aliphatic rings. The number of hydrogen-bond donors (Lipinski definition) is 1. The second-order valence-electron chi connectivity index (χ2n) is 6.47. The molecule has 1 aliphatic heterocycles. The fraction of sp³-hybridized carbons (Fsp3) is 0.238. The Hall–Kier alpha value is -2.24. The number of rotatable bonds is 4. The second-order valence-corrected chi connectivity index (χ2v) is 8.17. The molecule has 132 valence electrons. The van der Waals surface area contributed by atoms with Crippen molar-refractivity contribution in [3.63, 3.8) is 0 Å². The normalized spacial score (nSPS) is 19.6. The Morgan fingerprint density at radius 1 is 1.12 bits per heavy atom. The average Bonchev–Trinajstić information content (AvgIpc) is 3.25. The van der Waals surface area contributed by atoms with Gasteiger partial charge < -0.3 is 10.2 Å². The molecule has 3 nitrogen and oxygen atoms in total. The van der Waals surface area contributed by atoms with Gasteiger partial charge in [0.25, 0.3) is 0 Å². The first-order valence-electron chi connectivity index (χ1n) is 8.83. The van der Waals surface area contributed by atoms with Crippen molar-refractivity contribution in [1.82, 2.24) is 10.3 Å². The van der Waals surface area contributed by atoms with Crippen LogP contribution >= 0.6 is 23.6 Å². The summed E-state index contributed by atoms with van der Waals surface area (Å²) in [5.41, 5.74) is 3.46. The number of aromatic nitrogens is 1. The van der Waals surface area contributed by atoms with Gasteiger partial charge in [-0.2, -0.15) is 0 Å². The summed E-state index contributed by atoms with van der Waals surface area (Å²) in [6, 6.07) is 19.3. The Labute approximate surface area is 163 Å². The van der Waals surface area contributed by atoms with Crippen LogP contribution in [0.1, 0.15) is 40.0 Å². The first-order valence-corrected chi connectivity index (χ1v) is 10.1. The molecule has 1 N–H and O–H groups in total. The van der Waals surface area contributed by atoms with Gasteiger partial charge in [-0.3, -0.25) is 4.98 Å². The smallest absolute Gasteiger partial charge is 0.174 e. The Balaban J connectivity index is 1.79. The maximum atomic E-state index is 5.74. The van der Waals surface area contributed by atoms with Crippen LogP contribution in [0.15, 0.2) is 60.8 Å². The summed E-state index contributed by atoms with van der Waals surface area (Å²) >= 11 is 7.56. The van der Waals surface area contributed by atoms with Crippen LogP contribution in [-0.4, -0.2) is 10.1 Å². The van der Waals surface area contributed by atoms with Gasteiger partial charge in [0.05, 0.1) is 17.8 Å². The van der Waals surface area contributed by atoms with Crippen LogP contribution in [0, 0.1) is 6.92 Å². The van der Waals surface area contributed by atoms with E-state index < -0.39 is 0 Å². The first-order chi connectivity index (χ1) is 12.7. The molecule has 1 saturated heterocycles. The summed E-state index contributed by atoms with van der Waals surface area (Å²) in [5.74, 6) is 0. The lowest BCUT2D eigenvalue weighted by Gasteiger charge is -2.27. The van der Waals surface area contributed by atoms with E-state index in [1.54, 1.807) is 0 Å². The lowest BCUT2D eigenvalue weighted by atomic mass is 10.0. The number of thiophene rings is 1. The van der Waals surface area contributed by atoms with E-state index in [0.717, 1.165) is 22.9 Å². The molecule has 26 heavy (non-hydrogen) atoms. The molecule has 0 unspecified atom stereocenters. The van der Waals surface area contributed by atoms with Crippen LogP contribution in [0.4, 0.5) is 5.69 Å². The van der Waals surface area contributed by atoms with Crippen molar-refractivity contribution in [2.45, 2.75) is 32.4 Å². The number of aryl methyl sites for hydroxylation is 2. The minimum absolute atomic E-state index is 0.0348. The summed E-state index contributed by atoms with van der Waals surface area (Å²) in [5, 5.41) is 4.26. The van der Waals surface area contributed by atoms with Crippen LogP contribution in [0.25, 0.3) is 0 Å². The molecule has 0 saturated carbocycles. The summed E-state index contributed by atoms with van der Waals surface area (Å²) < 4.78 is 0. The number of anilines is 1. The van der Waals surface area contributed by atoms with E-state index in [0.29, 0.717) is 0 Å². The number of hydrogen-bond acceptors (Lipinski definition) is 3. The molecule has 0 amide bonds. The van der Waals surface area contributed by atoms with Crippen molar-refractivity contribution in [1.29, 1.82) is 0 Å². The second kappa shape index (κ2) is 7.17. The summed E-state index contributed by atoms with van der Waals surface area (Å²) in [6.45, 7) is 4.32. The minimum Gasteiger partial charge on any atom is -0.351 e. The zero-order chi connectivity index (χ0) is 18.1. The monoisotopic (exact) mass is 379 g/mol. The van der Waals surface area contributed by atoms with E-state index in [4.69, 9.17) is 12.2 Å². The van der Waals surface area contributed by atoms with Gasteiger partial charge in [0.15, 0.2) is 5.11 Å². The van der Waals surface area contributed by atoms with E-state index in [1.807, 2.05) is 29.7 Å². The molecule has 4 rings (SSSR count). The van der Waals surface area contributed by atoms with Gasteiger partial charge in [-0.05, 0) is 67.5 Å². The standard InChI is InChI=1S/C21H21N3S2/c1-3-15-8-10-16(11-9-15)24-20(18-12-7-14(2)26-18)19(23-21(24)25)17-6-4-5-13-22-17/h4-13,19-20H,3H2,1-2H3,(H,23,25)/t19-,20-/m0/s1. The maximum absolute atomic E-state index is 5.74. The fourth-order valence-corrected chi connectivity index (χ4v) is 4.78. The highest BCUT2D eigenvalue weighted by molar-refractivity contribution is 7.80. The average molecular weight is 380 g/mol. The van der Waals surface area contributed by atoms with Gasteiger partial charge in [0.1, 0.15) is 0 Å². The molecular weight excluding hydrogens is 358 g/mol. The molecule has 2 aromatic heterocycles. The van der Waals surface area contributed by atoms with Crippen molar-refractivity contribution < 1.29 is 0 Å². The van der Waals surface area contributed by atoms with Gasteiger partial charge in [0, 0.05) is 21.6 Å². The summed E-state index contributed by atoms with van der Waals surface area (Å²) in [7, 11) is 0. The van der Waals surface area contributed by atoms with Crippen molar-refractivity contribution in [3.05, 3.63) is 81.8 Å². The minimum atomic E-state index is 0.0348. The van der Waals surface area contributed by atoms with Gasteiger partial charge in [0.2, 0.25) is 0 Å². The van der Waals surface area contributed by atoms with Crippen LogP contribution in [0.3, 0.4) is 0 Å². The third-order valence-electron chi connectivity index (χ3n) is 4.77. The van der Waals surface area contributed by atoms with Crippen LogP contribution in [-0.2, 0) is 6.42 Å². The molecule has 1 aromatic carbocycles. The molecule has 1 fully saturated rings. The van der Waals surface area contributed by atoms with Crippen molar-refractivity contribution in [3.8, 4) is 0 Å². The third-order valence-corrected chi connectivity index (χ3v) is 6.16. The maximum Gasteiger partial charge on any atom is 0.174 e. The van der Waals surface area contributed by atoms with E-state index in [-0.39, 0.29) is 12.1 Å². The topological polar surface area (TPSA) is 28.2 Å². The highest BCUT2D eigenvalue weighted by Gasteiger charge is 2.41. The van der Waals surface area contributed by atoms with Crippen molar-refractivity contribution in [2.24, 2.45) is 0 Å².